The van der Waals surface area contributed by atoms with E-state index in [1.165, 1.54) is 18.1 Å². The Morgan fingerprint density at radius 1 is 1.22 bits per heavy atom. The van der Waals surface area contributed by atoms with Gasteiger partial charge in [0.25, 0.3) is 0 Å². The topological polar surface area (TPSA) is 67.6 Å². The Morgan fingerprint density at radius 2 is 2.07 bits per heavy atom. The number of nitrogens with zero attached hydrogens (tertiary/aromatic N) is 1. The van der Waals surface area contributed by atoms with Crippen molar-refractivity contribution in [3.8, 4) is 5.75 Å². The van der Waals surface area contributed by atoms with Crippen LogP contribution in [0.5, 0.6) is 5.75 Å². The van der Waals surface area contributed by atoms with E-state index < -0.39 is 0 Å². The van der Waals surface area contributed by atoms with Crippen molar-refractivity contribution in [2.75, 3.05) is 18.4 Å². The first-order valence-electron chi connectivity index (χ1n) is 9.72. The highest BCUT2D eigenvalue weighted by molar-refractivity contribution is 5.88. The number of benzene rings is 2. The van der Waals surface area contributed by atoms with E-state index in [0.717, 1.165) is 43.8 Å². The summed E-state index contributed by atoms with van der Waals surface area (Å²) < 4.78 is 6.49. The van der Waals surface area contributed by atoms with Gasteiger partial charge in [-0.05, 0) is 49.1 Å². The van der Waals surface area contributed by atoms with E-state index in [0.29, 0.717) is 0 Å². The molecule has 0 bridgehead atoms. The summed E-state index contributed by atoms with van der Waals surface area (Å²) in [5.41, 5.74) is 9.60. The maximum Gasteiger partial charge on any atom is 0.221 e. The van der Waals surface area contributed by atoms with Crippen molar-refractivity contribution < 1.29 is 9.53 Å². The zero-order chi connectivity index (χ0) is 18.8. The molecule has 5 nitrogen and oxygen atoms in total. The second-order valence-electron chi connectivity index (χ2n) is 7.61. The maximum absolute atomic E-state index is 11.4. The molecule has 1 aliphatic heterocycles. The smallest absolute Gasteiger partial charge is 0.221 e. The molecule has 0 unspecified atom stereocenters. The number of hydrogen-bond acceptors (Lipinski definition) is 4. The molecule has 2 aromatic rings. The van der Waals surface area contributed by atoms with Gasteiger partial charge in [0, 0.05) is 31.3 Å². The van der Waals surface area contributed by atoms with Crippen LogP contribution >= 0.6 is 0 Å². The van der Waals surface area contributed by atoms with Gasteiger partial charge in [0.05, 0.1) is 6.04 Å². The molecule has 27 heavy (non-hydrogen) atoms. The summed E-state index contributed by atoms with van der Waals surface area (Å²) in [7, 11) is 0. The molecule has 1 fully saturated rings. The summed E-state index contributed by atoms with van der Waals surface area (Å²) in [6, 6.07) is 16.7. The van der Waals surface area contributed by atoms with Gasteiger partial charge in [0.2, 0.25) is 5.91 Å². The van der Waals surface area contributed by atoms with Gasteiger partial charge in [-0.3, -0.25) is 9.69 Å². The summed E-state index contributed by atoms with van der Waals surface area (Å²) in [4.78, 5) is 13.8. The van der Waals surface area contributed by atoms with Crippen molar-refractivity contribution in [2.24, 2.45) is 5.73 Å². The quantitative estimate of drug-likeness (QED) is 0.874. The Balaban J connectivity index is 1.60. The number of hydrogen-bond donors (Lipinski definition) is 2. The lowest BCUT2D eigenvalue weighted by Gasteiger charge is -2.38. The van der Waals surface area contributed by atoms with Crippen molar-refractivity contribution in [1.82, 2.24) is 4.90 Å². The first-order chi connectivity index (χ1) is 13.1. The van der Waals surface area contributed by atoms with Crippen molar-refractivity contribution >= 4 is 11.6 Å². The van der Waals surface area contributed by atoms with Crippen LogP contribution in [0.4, 0.5) is 5.69 Å². The summed E-state index contributed by atoms with van der Waals surface area (Å²) in [6.45, 7) is 3.50. The lowest BCUT2D eigenvalue weighted by atomic mass is 10.0. The summed E-state index contributed by atoms with van der Waals surface area (Å²) in [5.74, 6) is 0.688. The molecule has 1 heterocycles. The van der Waals surface area contributed by atoms with Crippen LogP contribution in [0, 0.1) is 0 Å². The number of carbonyl (C=O) groups is 1. The molecule has 1 amide bonds. The van der Waals surface area contributed by atoms with Crippen LogP contribution in [-0.4, -0.2) is 36.0 Å². The third kappa shape index (κ3) is 3.99. The lowest BCUT2D eigenvalue weighted by Crippen LogP contribution is -2.49. The van der Waals surface area contributed by atoms with E-state index in [1.807, 2.05) is 24.3 Å². The number of fused-ring (bicyclic) bond motifs is 1. The Hall–Kier alpha value is -2.37. The summed E-state index contributed by atoms with van der Waals surface area (Å²) in [5, 5.41) is 2.82. The van der Waals surface area contributed by atoms with Crippen LogP contribution in [0.25, 0.3) is 0 Å². The number of likely N-dealkylation sites (tertiary alicyclic amines) is 1. The molecular formula is C22H27N3O2. The van der Waals surface area contributed by atoms with Gasteiger partial charge in [-0.15, -0.1) is 0 Å². The van der Waals surface area contributed by atoms with Crippen molar-refractivity contribution in [2.45, 2.75) is 44.4 Å². The van der Waals surface area contributed by atoms with Crippen LogP contribution in [0.2, 0.25) is 0 Å². The average Bonchev–Trinajstić information content (AvgIpc) is 3.00. The van der Waals surface area contributed by atoms with Crippen molar-refractivity contribution in [3.63, 3.8) is 0 Å². The van der Waals surface area contributed by atoms with Crippen LogP contribution in [0.1, 0.15) is 37.0 Å². The first-order valence-corrected chi connectivity index (χ1v) is 9.72. The highest BCUT2D eigenvalue weighted by Crippen LogP contribution is 2.39. The minimum Gasteiger partial charge on any atom is -0.484 e. The molecule has 0 radical (unpaired) electrons. The molecule has 2 aromatic carbocycles. The maximum atomic E-state index is 11.4. The van der Waals surface area contributed by atoms with Gasteiger partial charge < -0.3 is 15.8 Å². The fourth-order valence-corrected chi connectivity index (χ4v) is 4.34. The van der Waals surface area contributed by atoms with E-state index >= 15 is 0 Å². The second-order valence-corrected chi connectivity index (χ2v) is 7.61. The molecule has 142 valence electrons. The van der Waals surface area contributed by atoms with E-state index in [9.17, 15) is 4.79 Å². The number of carbonyl (C=O) groups excluding carboxylic acids is 1. The van der Waals surface area contributed by atoms with Crippen LogP contribution in [0.3, 0.4) is 0 Å². The summed E-state index contributed by atoms with van der Waals surface area (Å²) in [6.07, 6.45) is 3.19. The fourth-order valence-electron chi connectivity index (χ4n) is 4.34. The molecule has 2 aliphatic rings. The van der Waals surface area contributed by atoms with Crippen molar-refractivity contribution in [3.05, 3.63) is 59.7 Å². The number of nitrogens with two attached hydrogens (primary N) is 1. The zero-order valence-electron chi connectivity index (χ0n) is 15.7. The first kappa shape index (κ1) is 18.0. The third-order valence-corrected chi connectivity index (χ3v) is 5.52. The van der Waals surface area contributed by atoms with E-state index in [4.69, 9.17) is 10.5 Å². The molecule has 4 rings (SSSR count). The Kier molecular flexibility index (Phi) is 5.14. The molecule has 0 spiro atoms. The molecule has 0 saturated carbocycles. The predicted octanol–water partition coefficient (Wildman–Crippen LogP) is 3.11. The fraction of sp³-hybridized carbons (Fsp3) is 0.409. The average molecular weight is 365 g/mol. The van der Waals surface area contributed by atoms with Gasteiger partial charge in [0.15, 0.2) is 0 Å². The Bertz CT molecular complexity index is 823. The van der Waals surface area contributed by atoms with Crippen LogP contribution in [-0.2, 0) is 11.2 Å². The minimum absolute atomic E-state index is 0.0286. The van der Waals surface area contributed by atoms with E-state index in [-0.39, 0.29) is 24.1 Å². The van der Waals surface area contributed by atoms with Crippen LogP contribution in [0.15, 0.2) is 48.5 Å². The largest absolute Gasteiger partial charge is 0.484 e. The molecular weight excluding hydrogens is 338 g/mol. The van der Waals surface area contributed by atoms with Gasteiger partial charge in [-0.2, -0.15) is 0 Å². The normalized spacial score (nSPS) is 25.0. The highest BCUT2D eigenvalue weighted by atomic mass is 16.5. The predicted molar refractivity (Wildman–Crippen MR) is 107 cm³/mol. The van der Waals surface area contributed by atoms with Crippen LogP contribution < -0.4 is 15.8 Å². The van der Waals surface area contributed by atoms with Gasteiger partial charge in [-0.25, -0.2) is 0 Å². The number of nitrogens with one attached hydrogen (secondary N) is 1. The van der Waals surface area contributed by atoms with Gasteiger partial charge in [-0.1, -0.05) is 30.3 Å². The molecule has 0 aromatic heterocycles. The van der Waals surface area contributed by atoms with E-state index in [1.54, 1.807) is 0 Å². The number of anilines is 1. The second kappa shape index (κ2) is 7.71. The molecule has 5 heteroatoms. The van der Waals surface area contributed by atoms with Gasteiger partial charge in [0.1, 0.15) is 11.9 Å². The monoisotopic (exact) mass is 365 g/mol. The SMILES string of the molecule is CC(=O)Nc1cccc(O[C@@H]2c3ccccc3C[C@H]2N2CCC[C@H](N)C2)c1. The molecule has 3 N–H and O–H groups in total. The number of rotatable bonds is 4. The Labute approximate surface area is 160 Å². The van der Waals surface area contributed by atoms with E-state index in [2.05, 4.69) is 34.5 Å². The lowest BCUT2D eigenvalue weighted by molar-refractivity contribution is -0.114. The number of piperidine rings is 1. The number of ether oxygens (including phenoxy) is 1. The minimum atomic E-state index is -0.0847. The number of amides is 1. The summed E-state index contributed by atoms with van der Waals surface area (Å²) >= 11 is 0. The molecule has 1 saturated heterocycles. The molecule has 1 aliphatic carbocycles. The molecule has 3 atom stereocenters. The standard InChI is InChI=1S/C22H27N3O2/c1-15(26)24-18-8-4-9-19(13-18)27-22-20-10-3-2-6-16(20)12-21(22)25-11-5-7-17(23)14-25/h2-4,6,8-10,13,17,21-22H,5,7,11-12,14,23H2,1H3,(H,24,26)/t17-,21+,22+/m0/s1. The zero-order valence-corrected chi connectivity index (χ0v) is 15.7. The third-order valence-electron chi connectivity index (χ3n) is 5.52. The van der Waals surface area contributed by atoms with Crippen molar-refractivity contribution in [1.29, 1.82) is 0 Å². The highest BCUT2D eigenvalue weighted by Gasteiger charge is 2.39. The van der Waals surface area contributed by atoms with Gasteiger partial charge >= 0.3 is 0 Å². The Morgan fingerprint density at radius 3 is 2.89 bits per heavy atom.